The second kappa shape index (κ2) is 40.7. The third-order valence-electron chi connectivity index (χ3n) is 7.95. The summed E-state index contributed by atoms with van der Waals surface area (Å²) in [6, 6.07) is 0. The number of esters is 1. The minimum atomic E-state index is -0.571. The van der Waals surface area contributed by atoms with Gasteiger partial charge in [0.15, 0.2) is 0 Å². The van der Waals surface area contributed by atoms with Crippen LogP contribution >= 0.6 is 0 Å². The van der Waals surface area contributed by atoms with E-state index in [0.29, 0.717) is 13.0 Å². The lowest BCUT2D eigenvalue weighted by Crippen LogP contribution is -2.27. The van der Waals surface area contributed by atoms with E-state index in [1.165, 1.54) is 77.0 Å². The van der Waals surface area contributed by atoms with Gasteiger partial charge in [0.1, 0.15) is 6.10 Å². The molecule has 4 heteroatoms. The Kier molecular flexibility index (Phi) is 38.7. The smallest absolute Gasteiger partial charge is 0.306 e. The summed E-state index contributed by atoms with van der Waals surface area (Å²) in [5.74, 6) is -0.262. The minimum Gasteiger partial charge on any atom is -0.457 e. The quantitative estimate of drug-likeness (QED) is 0.0415. The van der Waals surface area contributed by atoms with Gasteiger partial charge in [0, 0.05) is 13.0 Å². The van der Waals surface area contributed by atoms with E-state index in [9.17, 15) is 9.90 Å². The molecule has 0 bridgehead atoms. The number of rotatable bonds is 35. The van der Waals surface area contributed by atoms with E-state index in [0.717, 1.165) is 64.2 Å². The normalized spacial score (nSPS) is 13.3. The highest BCUT2D eigenvalue weighted by Gasteiger charge is 2.13. The van der Waals surface area contributed by atoms with Crippen molar-refractivity contribution < 1.29 is 19.4 Å². The highest BCUT2D eigenvalue weighted by Crippen LogP contribution is 2.11. The molecule has 48 heavy (non-hydrogen) atoms. The molecule has 0 rings (SSSR count). The third-order valence-corrected chi connectivity index (χ3v) is 7.95. The molecule has 0 amide bonds. The Hall–Kier alpha value is -2.43. The zero-order chi connectivity index (χ0) is 34.9. The number of ether oxygens (including phenoxy) is 2. The van der Waals surface area contributed by atoms with E-state index >= 15 is 0 Å². The number of hydrogen-bond donors (Lipinski definition) is 1. The van der Waals surface area contributed by atoms with Crippen LogP contribution in [0, 0.1) is 0 Å². The average molecular weight is 667 g/mol. The Bertz CT molecular complexity index is 876. The first-order valence-electron chi connectivity index (χ1n) is 19.7. The van der Waals surface area contributed by atoms with Crippen molar-refractivity contribution in [2.24, 2.45) is 0 Å². The van der Waals surface area contributed by atoms with Crippen LogP contribution in [0.4, 0.5) is 0 Å². The highest BCUT2D eigenvalue weighted by atomic mass is 16.6. The van der Waals surface area contributed by atoms with Gasteiger partial charge >= 0.3 is 5.97 Å². The van der Waals surface area contributed by atoms with E-state index in [1.807, 2.05) is 0 Å². The van der Waals surface area contributed by atoms with Crippen LogP contribution in [0.3, 0.4) is 0 Å². The molecule has 0 aliphatic carbocycles. The predicted molar refractivity (Wildman–Crippen MR) is 209 cm³/mol. The van der Waals surface area contributed by atoms with Gasteiger partial charge in [-0.1, -0.05) is 157 Å². The second-order valence-electron chi connectivity index (χ2n) is 12.6. The van der Waals surface area contributed by atoms with Crippen LogP contribution in [0.5, 0.6) is 0 Å². The zero-order valence-electron chi connectivity index (χ0n) is 31.2. The molecule has 1 atom stereocenters. The molecule has 0 fully saturated rings. The Morgan fingerprint density at radius 3 is 1.42 bits per heavy atom. The molecule has 0 saturated heterocycles. The van der Waals surface area contributed by atoms with Crippen LogP contribution in [0.2, 0.25) is 0 Å². The van der Waals surface area contributed by atoms with Crippen LogP contribution in [0.25, 0.3) is 0 Å². The third kappa shape index (κ3) is 38.0. The van der Waals surface area contributed by atoms with E-state index < -0.39 is 6.10 Å². The molecular formula is C44H74O4. The van der Waals surface area contributed by atoms with Crippen molar-refractivity contribution in [1.82, 2.24) is 0 Å². The summed E-state index contributed by atoms with van der Waals surface area (Å²) in [5, 5.41) is 9.57. The maximum Gasteiger partial charge on any atom is 0.306 e. The first-order chi connectivity index (χ1) is 23.7. The van der Waals surface area contributed by atoms with Crippen molar-refractivity contribution in [2.75, 3.05) is 19.8 Å². The number of aliphatic hydroxyl groups excluding tert-OH is 1. The number of aliphatic hydroxyl groups is 1. The maximum absolute atomic E-state index is 12.1. The molecule has 0 heterocycles. The first-order valence-corrected chi connectivity index (χ1v) is 19.7. The van der Waals surface area contributed by atoms with Gasteiger partial charge in [-0.05, 0) is 83.5 Å². The lowest BCUT2D eigenvalue weighted by atomic mass is 10.1. The molecule has 1 N–H and O–H groups in total. The van der Waals surface area contributed by atoms with E-state index in [4.69, 9.17) is 9.47 Å². The van der Waals surface area contributed by atoms with Crippen molar-refractivity contribution in [3.8, 4) is 0 Å². The molecule has 274 valence electrons. The SMILES string of the molecule is CC/C=C\C/C=C\C/C=C\C/C=C\C/C=C\CCCC(=O)OC(CO)COCCCCCCCCCC/C=C\C/C=C\CCCCCC. The molecule has 0 aromatic rings. The number of hydrogen-bond acceptors (Lipinski definition) is 4. The van der Waals surface area contributed by atoms with Gasteiger partial charge in [-0.25, -0.2) is 0 Å². The summed E-state index contributed by atoms with van der Waals surface area (Å²) in [6.07, 6.45) is 56.3. The van der Waals surface area contributed by atoms with Crippen LogP contribution in [-0.2, 0) is 14.3 Å². The summed E-state index contributed by atoms with van der Waals surface area (Å²) in [5.41, 5.74) is 0. The summed E-state index contributed by atoms with van der Waals surface area (Å²) in [4.78, 5) is 12.1. The van der Waals surface area contributed by atoms with E-state index in [-0.39, 0.29) is 19.2 Å². The topological polar surface area (TPSA) is 55.8 Å². The fourth-order valence-corrected chi connectivity index (χ4v) is 5.04. The van der Waals surface area contributed by atoms with Gasteiger partial charge in [-0.2, -0.15) is 0 Å². The number of allylic oxidation sites excluding steroid dienone is 14. The van der Waals surface area contributed by atoms with Gasteiger partial charge in [0.25, 0.3) is 0 Å². The van der Waals surface area contributed by atoms with Gasteiger partial charge in [0.05, 0.1) is 13.2 Å². The summed E-state index contributed by atoms with van der Waals surface area (Å²) in [6.45, 7) is 5.13. The van der Waals surface area contributed by atoms with Crippen molar-refractivity contribution in [3.63, 3.8) is 0 Å². The monoisotopic (exact) mass is 667 g/mol. The molecular weight excluding hydrogens is 592 g/mol. The summed E-state index contributed by atoms with van der Waals surface area (Å²) in [7, 11) is 0. The fraction of sp³-hybridized carbons (Fsp3) is 0.659. The number of carbonyl (C=O) groups excluding carboxylic acids is 1. The Labute approximate surface area is 297 Å². The Morgan fingerprint density at radius 1 is 0.521 bits per heavy atom. The molecule has 0 saturated carbocycles. The van der Waals surface area contributed by atoms with Crippen LogP contribution in [0.1, 0.15) is 162 Å². The summed E-state index contributed by atoms with van der Waals surface area (Å²) < 4.78 is 11.1. The largest absolute Gasteiger partial charge is 0.457 e. The van der Waals surface area contributed by atoms with Crippen LogP contribution < -0.4 is 0 Å². The zero-order valence-corrected chi connectivity index (χ0v) is 31.2. The second-order valence-corrected chi connectivity index (χ2v) is 12.6. The van der Waals surface area contributed by atoms with Crippen molar-refractivity contribution in [2.45, 2.75) is 168 Å². The standard InChI is InChI=1S/C44H74O4/c1-3-5-7-9-11-13-15-17-19-21-22-24-26-28-30-32-34-36-38-40-47-42-43(41-45)48-44(46)39-37-35-33-31-29-27-25-23-20-18-16-14-12-10-8-6-4-2/h6,8,12-15,18-21,25,27,31,33,43,45H,3-5,7,9-11,16-17,22-24,26,28-30,32,34-42H2,1-2H3/b8-6-,14-12-,15-13-,20-18-,21-19-,27-25-,33-31-. The Balaban J connectivity index is 3.58. The first kappa shape index (κ1) is 45.6. The van der Waals surface area contributed by atoms with Crippen LogP contribution in [0.15, 0.2) is 85.1 Å². The van der Waals surface area contributed by atoms with Gasteiger partial charge in [0.2, 0.25) is 0 Å². The lowest BCUT2D eigenvalue weighted by Gasteiger charge is -2.15. The van der Waals surface area contributed by atoms with Crippen molar-refractivity contribution >= 4 is 5.97 Å². The fourth-order valence-electron chi connectivity index (χ4n) is 5.04. The van der Waals surface area contributed by atoms with E-state index in [1.54, 1.807) is 0 Å². The number of carbonyl (C=O) groups is 1. The van der Waals surface area contributed by atoms with Gasteiger partial charge in [-0.15, -0.1) is 0 Å². The summed E-state index contributed by atoms with van der Waals surface area (Å²) >= 11 is 0. The van der Waals surface area contributed by atoms with Gasteiger partial charge in [-0.3, -0.25) is 4.79 Å². The molecule has 0 radical (unpaired) electrons. The molecule has 0 aromatic heterocycles. The van der Waals surface area contributed by atoms with Crippen LogP contribution in [-0.4, -0.2) is 37.0 Å². The molecule has 0 aromatic carbocycles. The molecule has 4 nitrogen and oxygen atoms in total. The molecule has 0 aliphatic rings. The lowest BCUT2D eigenvalue weighted by molar-refractivity contribution is -0.154. The Morgan fingerprint density at radius 2 is 0.938 bits per heavy atom. The molecule has 0 aliphatic heterocycles. The maximum atomic E-state index is 12.1. The predicted octanol–water partition coefficient (Wildman–Crippen LogP) is 12.8. The molecule has 1 unspecified atom stereocenters. The highest BCUT2D eigenvalue weighted by molar-refractivity contribution is 5.69. The number of unbranched alkanes of at least 4 members (excludes halogenated alkanes) is 13. The molecule has 0 spiro atoms. The van der Waals surface area contributed by atoms with Gasteiger partial charge < -0.3 is 14.6 Å². The van der Waals surface area contributed by atoms with Crippen molar-refractivity contribution in [3.05, 3.63) is 85.1 Å². The average Bonchev–Trinajstić information content (AvgIpc) is 3.09. The van der Waals surface area contributed by atoms with Crippen molar-refractivity contribution in [1.29, 1.82) is 0 Å². The minimum absolute atomic E-state index is 0.202. The van der Waals surface area contributed by atoms with E-state index in [2.05, 4.69) is 98.9 Å².